The van der Waals surface area contributed by atoms with Gasteiger partial charge in [0.15, 0.2) is 0 Å². The van der Waals surface area contributed by atoms with E-state index in [4.69, 9.17) is 9.25 Å². The van der Waals surface area contributed by atoms with Gasteiger partial charge in [-0.25, -0.2) is 9.37 Å². The molecule has 0 saturated carbocycles. The van der Waals surface area contributed by atoms with Crippen molar-refractivity contribution < 1.29 is 36.6 Å². The number of fused-ring (bicyclic) bond motifs is 2. The molecule has 3 heterocycles. The Hall–Kier alpha value is -4.55. The average molecular weight is 733 g/mol. The molecular weight excluding hydrogens is 683 g/mol. The largest absolute Gasteiger partial charge is 0.460 e. The maximum atomic E-state index is 12.3. The molecule has 0 spiro atoms. The number of anilines is 1. The quantitative estimate of drug-likeness (QED) is 0.0945. The fraction of sp³-hybridized carbons (Fsp3) is 0.450. The minimum absolute atomic E-state index is 0.0457. The van der Waals surface area contributed by atoms with Crippen molar-refractivity contribution in [1.29, 1.82) is 0 Å². The maximum absolute atomic E-state index is 12.3. The van der Waals surface area contributed by atoms with E-state index in [-0.39, 0.29) is 29.6 Å². The Kier molecular flexibility index (Phi) is 11.3. The van der Waals surface area contributed by atoms with E-state index in [1.807, 2.05) is 26.0 Å². The van der Waals surface area contributed by atoms with Gasteiger partial charge in [0, 0.05) is 59.7 Å². The summed E-state index contributed by atoms with van der Waals surface area (Å²) in [5.74, 6) is 0.0290. The van der Waals surface area contributed by atoms with Crippen LogP contribution in [0.5, 0.6) is 0 Å². The molecule has 1 saturated heterocycles. The predicted molar refractivity (Wildman–Crippen MR) is 200 cm³/mol. The van der Waals surface area contributed by atoms with Crippen LogP contribution in [0.2, 0.25) is 0 Å². The van der Waals surface area contributed by atoms with Gasteiger partial charge in [-0.05, 0) is 74.2 Å². The fourth-order valence-corrected chi connectivity index (χ4v) is 7.32. The third-order valence-electron chi connectivity index (χ3n) is 9.80. The molecule has 278 valence electrons. The minimum atomic E-state index is -4.41. The number of allylic oxidation sites excluding steroid dienone is 3. The average Bonchev–Trinajstić information content (AvgIpc) is 3.50. The molecule has 1 fully saturated rings. The Balaban J connectivity index is 1.43. The van der Waals surface area contributed by atoms with Gasteiger partial charge in [-0.15, -0.1) is 5.06 Å². The van der Waals surface area contributed by atoms with Gasteiger partial charge in [0.05, 0.1) is 11.0 Å². The van der Waals surface area contributed by atoms with Gasteiger partial charge in [0.25, 0.3) is 21.9 Å². The molecule has 4 aliphatic rings. The van der Waals surface area contributed by atoms with Crippen molar-refractivity contribution in [3.63, 3.8) is 0 Å². The van der Waals surface area contributed by atoms with E-state index >= 15 is 0 Å². The molecule has 0 unspecified atom stereocenters. The van der Waals surface area contributed by atoms with Crippen LogP contribution in [0.25, 0.3) is 17.4 Å². The highest BCUT2D eigenvalue weighted by Gasteiger charge is 2.40. The van der Waals surface area contributed by atoms with Crippen LogP contribution in [-0.2, 0) is 40.2 Å². The zero-order chi connectivity index (χ0) is 38.0. The Bertz CT molecular complexity index is 2060. The summed E-state index contributed by atoms with van der Waals surface area (Å²) in [4.78, 5) is 42.9. The van der Waals surface area contributed by atoms with Crippen LogP contribution in [0.3, 0.4) is 0 Å². The monoisotopic (exact) mass is 732 g/mol. The van der Waals surface area contributed by atoms with Gasteiger partial charge in [0.1, 0.15) is 24.6 Å². The van der Waals surface area contributed by atoms with Crippen molar-refractivity contribution in [3.8, 4) is 11.3 Å². The first kappa shape index (κ1) is 38.7. The number of nitrogens with zero attached hydrogens (tertiary/aromatic N) is 3. The highest BCUT2D eigenvalue weighted by molar-refractivity contribution is 7.85. The molecule has 0 aromatic heterocycles. The summed E-state index contributed by atoms with van der Waals surface area (Å²) in [7, 11) is -4.41. The number of rotatable bonds is 12. The predicted octanol–water partition coefficient (Wildman–Crippen LogP) is 6.60. The molecule has 1 N–H and O–H groups in total. The van der Waals surface area contributed by atoms with Crippen molar-refractivity contribution in [3.05, 3.63) is 82.6 Å². The Morgan fingerprint density at radius 2 is 1.69 bits per heavy atom. The number of imide groups is 1. The molecule has 5 rings (SSSR count). The molecule has 1 aromatic rings. The first-order valence-electron chi connectivity index (χ1n) is 18.0. The lowest BCUT2D eigenvalue weighted by atomic mass is 9.83. The molecule has 0 atom stereocenters. The number of benzene rings is 2. The van der Waals surface area contributed by atoms with Crippen molar-refractivity contribution >= 4 is 39.7 Å². The second-order valence-electron chi connectivity index (χ2n) is 14.9. The molecule has 12 heteroatoms. The third-order valence-corrected chi connectivity index (χ3v) is 10.7. The van der Waals surface area contributed by atoms with Crippen LogP contribution in [-0.4, -0.2) is 55.5 Å². The van der Waals surface area contributed by atoms with Crippen LogP contribution in [0, 0.1) is 0 Å². The molecule has 11 nitrogen and oxygen atoms in total. The lowest BCUT2D eigenvalue weighted by Crippen LogP contribution is -2.32. The smallest absolute Gasteiger partial charge is 0.333 e. The summed E-state index contributed by atoms with van der Waals surface area (Å²) >= 11 is 0. The van der Waals surface area contributed by atoms with Crippen LogP contribution < -0.4 is 14.8 Å². The van der Waals surface area contributed by atoms with Gasteiger partial charge in [-0.3, -0.25) is 14.1 Å². The van der Waals surface area contributed by atoms with E-state index in [1.165, 1.54) is 12.1 Å². The molecule has 2 amide bonds. The number of hydrogen-bond acceptors (Lipinski definition) is 8. The van der Waals surface area contributed by atoms with Crippen LogP contribution in [0.1, 0.15) is 104 Å². The summed E-state index contributed by atoms with van der Waals surface area (Å²) < 4.78 is 42.8. The molecular formula is C40H50N3O8S+. The molecule has 3 aliphatic heterocycles. The van der Waals surface area contributed by atoms with Crippen molar-refractivity contribution in [1.82, 2.24) is 9.64 Å². The number of carbonyl (C=O) groups excluding carboxylic acids is 3. The number of carbonyl (C=O) groups is 3. The Morgan fingerprint density at radius 1 is 1.00 bits per heavy atom. The fourth-order valence-electron chi connectivity index (χ4n) is 6.81. The lowest BCUT2D eigenvalue weighted by Gasteiger charge is -2.27. The van der Waals surface area contributed by atoms with E-state index < -0.39 is 33.3 Å². The van der Waals surface area contributed by atoms with Crippen molar-refractivity contribution in [2.24, 2.45) is 0 Å². The van der Waals surface area contributed by atoms with Crippen molar-refractivity contribution in [2.45, 2.75) is 103 Å². The zero-order valence-corrected chi connectivity index (χ0v) is 32.0. The van der Waals surface area contributed by atoms with Gasteiger partial charge in [-0.1, -0.05) is 53.2 Å². The molecule has 1 aromatic carbocycles. The summed E-state index contributed by atoms with van der Waals surface area (Å²) in [5.41, 5.74) is 3.71. The minimum Gasteiger partial charge on any atom is -0.460 e. The first-order chi connectivity index (χ1) is 24.4. The van der Waals surface area contributed by atoms with E-state index in [9.17, 15) is 27.4 Å². The standard InChI is InChI=1S/C40H49N3O8S/c1-8-41(9-2)28-17-19-30-27(24-35(39(3,4)5)50-33(30)25-28)14-13-15-34-40(6,7)31-26-29(52(47,48)49)18-20-32(31)42(34)23-12-10-11-16-38(46)51-43-36(44)21-22-37(43)45/h13-15,17-20,24-26H,8-12,16,21-23H2,1-7H3/p+1. The van der Waals surface area contributed by atoms with Crippen LogP contribution in [0.15, 0.2) is 69.6 Å². The summed E-state index contributed by atoms with van der Waals surface area (Å²) in [6.45, 7) is 17.0. The van der Waals surface area contributed by atoms with E-state index in [2.05, 4.69) is 74.4 Å². The Labute approximate surface area is 306 Å². The van der Waals surface area contributed by atoms with Crippen molar-refractivity contribution in [2.75, 3.05) is 24.5 Å². The van der Waals surface area contributed by atoms with E-state index in [1.54, 1.807) is 6.07 Å². The maximum Gasteiger partial charge on any atom is 0.333 e. The summed E-state index contributed by atoms with van der Waals surface area (Å²) in [5, 5.41) is 1.67. The summed E-state index contributed by atoms with van der Waals surface area (Å²) in [6, 6.07) is 13.1. The number of amides is 2. The normalized spacial score (nSPS) is 16.8. The first-order valence-corrected chi connectivity index (χ1v) is 19.4. The second-order valence-corrected chi connectivity index (χ2v) is 16.3. The highest BCUT2D eigenvalue weighted by Crippen LogP contribution is 2.48. The van der Waals surface area contributed by atoms with Gasteiger partial charge in [-0.2, -0.15) is 8.42 Å². The van der Waals surface area contributed by atoms with Crippen LogP contribution >= 0.6 is 0 Å². The zero-order valence-electron chi connectivity index (χ0n) is 31.2. The number of unbranched alkanes of at least 4 members (excludes halogenated alkanes) is 2. The second kappa shape index (κ2) is 15.2. The van der Waals surface area contributed by atoms with Gasteiger partial charge in [0.2, 0.25) is 5.36 Å². The number of hydrogen-bond donors (Lipinski definition) is 1. The molecule has 52 heavy (non-hydrogen) atoms. The SMILES string of the molecule is CC[N+](CC)=c1ccc2c(/C=C/C=C3/N(CCCCCC(=O)ON4C(=O)CCC4=O)c4ccc(S(=O)(=O)O)cc4C3(C)C)cc(C(C)(C)C)oc-2c1. The Morgan fingerprint density at radius 3 is 2.33 bits per heavy atom. The molecule has 0 radical (unpaired) electrons. The van der Waals surface area contributed by atoms with E-state index in [0.717, 1.165) is 58.0 Å². The van der Waals surface area contributed by atoms with Crippen LogP contribution in [0.4, 0.5) is 5.69 Å². The van der Waals surface area contributed by atoms with Gasteiger partial charge >= 0.3 is 5.97 Å². The lowest BCUT2D eigenvalue weighted by molar-refractivity contribution is -0.197. The topological polar surface area (TPSA) is 137 Å². The van der Waals surface area contributed by atoms with Gasteiger partial charge < -0.3 is 14.2 Å². The molecule has 0 bridgehead atoms. The third kappa shape index (κ3) is 8.23. The number of hydroxylamine groups is 2. The van der Waals surface area contributed by atoms with E-state index in [0.29, 0.717) is 30.9 Å². The molecule has 1 aliphatic carbocycles. The highest BCUT2D eigenvalue weighted by atomic mass is 32.2. The summed E-state index contributed by atoms with van der Waals surface area (Å²) in [6.07, 6.45) is 8.14.